The molecule has 0 aliphatic rings. The lowest BCUT2D eigenvalue weighted by molar-refractivity contribution is 0.0334. The minimum atomic E-state index is -0.650. The number of hydrogen-bond donors (Lipinski definition) is 1. The maximum atomic E-state index is 9.68. The van der Waals surface area contributed by atoms with Crippen molar-refractivity contribution in [3.8, 4) is 0 Å². The van der Waals surface area contributed by atoms with Crippen molar-refractivity contribution in [2.45, 2.75) is 32.9 Å². The van der Waals surface area contributed by atoms with E-state index in [1.54, 1.807) is 6.26 Å². The summed E-state index contributed by atoms with van der Waals surface area (Å²) in [6, 6.07) is 3.83. The molecule has 1 heterocycles. The molecular weight excluding hydrogens is 178 g/mol. The zero-order valence-corrected chi connectivity index (χ0v) is 9.16. The molecule has 1 aromatic heterocycles. The highest BCUT2D eigenvalue weighted by atomic mass is 16.3. The number of aliphatic hydroxyl groups is 1. The predicted molar refractivity (Wildman–Crippen MR) is 56.0 cm³/mol. The molecule has 0 fully saturated rings. The summed E-state index contributed by atoms with van der Waals surface area (Å²) in [7, 11) is 0. The second kappa shape index (κ2) is 4.62. The molecule has 0 aliphatic heterocycles. The largest absolute Gasteiger partial charge is 0.468 e. The highest BCUT2D eigenvalue weighted by Gasteiger charge is 2.17. The van der Waals surface area contributed by atoms with Crippen LogP contribution >= 0.6 is 0 Å². The van der Waals surface area contributed by atoms with Crippen molar-refractivity contribution in [3.05, 3.63) is 24.2 Å². The third-order valence-corrected chi connectivity index (χ3v) is 2.02. The lowest BCUT2D eigenvalue weighted by atomic mass is 10.1. The fourth-order valence-electron chi connectivity index (χ4n) is 1.45. The Kier molecular flexibility index (Phi) is 3.72. The fraction of sp³-hybridized carbons (Fsp3) is 0.636. The first-order chi connectivity index (χ1) is 6.51. The van der Waals surface area contributed by atoms with E-state index in [1.807, 2.05) is 26.0 Å². The highest BCUT2D eigenvalue weighted by molar-refractivity contribution is 4.98. The number of hydrogen-bond acceptors (Lipinski definition) is 3. The molecule has 0 aromatic carbocycles. The zero-order valence-electron chi connectivity index (χ0n) is 9.16. The molecule has 3 nitrogen and oxygen atoms in total. The van der Waals surface area contributed by atoms with Gasteiger partial charge >= 0.3 is 0 Å². The molecule has 0 bridgehead atoms. The molecule has 1 N–H and O–H groups in total. The van der Waals surface area contributed by atoms with Gasteiger partial charge in [-0.25, -0.2) is 0 Å². The number of furan rings is 1. The molecule has 0 saturated heterocycles. The van der Waals surface area contributed by atoms with Gasteiger partial charge in [0.1, 0.15) is 5.76 Å². The molecule has 0 radical (unpaired) electrons. The SMILES string of the molecule is CCN(Cc1ccco1)CC(C)(C)O. The first-order valence-electron chi connectivity index (χ1n) is 4.98. The van der Waals surface area contributed by atoms with Crippen LogP contribution in [-0.2, 0) is 6.54 Å². The van der Waals surface area contributed by atoms with Crippen molar-refractivity contribution >= 4 is 0 Å². The molecule has 14 heavy (non-hydrogen) atoms. The van der Waals surface area contributed by atoms with Gasteiger partial charge in [-0.3, -0.25) is 4.90 Å². The van der Waals surface area contributed by atoms with Crippen LogP contribution in [-0.4, -0.2) is 28.7 Å². The van der Waals surface area contributed by atoms with E-state index in [9.17, 15) is 5.11 Å². The Morgan fingerprint density at radius 2 is 2.21 bits per heavy atom. The van der Waals surface area contributed by atoms with Crippen LogP contribution in [0.3, 0.4) is 0 Å². The second-order valence-electron chi connectivity index (χ2n) is 4.20. The molecule has 0 atom stereocenters. The van der Waals surface area contributed by atoms with Gasteiger partial charge in [0, 0.05) is 6.54 Å². The lowest BCUT2D eigenvalue weighted by Gasteiger charge is -2.27. The van der Waals surface area contributed by atoms with Crippen molar-refractivity contribution in [1.82, 2.24) is 4.90 Å². The Balaban J connectivity index is 2.47. The predicted octanol–water partition coefficient (Wildman–Crippen LogP) is 1.87. The van der Waals surface area contributed by atoms with E-state index in [0.29, 0.717) is 6.54 Å². The zero-order chi connectivity index (χ0) is 10.6. The van der Waals surface area contributed by atoms with Crippen molar-refractivity contribution in [2.24, 2.45) is 0 Å². The van der Waals surface area contributed by atoms with Crippen LogP contribution in [0.25, 0.3) is 0 Å². The Labute approximate surface area is 85.3 Å². The third kappa shape index (κ3) is 3.94. The van der Waals surface area contributed by atoms with Gasteiger partial charge in [-0.05, 0) is 32.5 Å². The fourth-order valence-corrected chi connectivity index (χ4v) is 1.45. The van der Waals surface area contributed by atoms with Gasteiger partial charge in [0.25, 0.3) is 0 Å². The van der Waals surface area contributed by atoms with E-state index in [2.05, 4.69) is 11.8 Å². The summed E-state index contributed by atoms with van der Waals surface area (Å²) in [6.45, 7) is 8.03. The summed E-state index contributed by atoms with van der Waals surface area (Å²) in [5, 5.41) is 9.68. The summed E-state index contributed by atoms with van der Waals surface area (Å²) in [5.74, 6) is 0.941. The number of nitrogens with zero attached hydrogens (tertiary/aromatic N) is 1. The Morgan fingerprint density at radius 1 is 1.50 bits per heavy atom. The molecule has 80 valence electrons. The van der Waals surface area contributed by atoms with Crippen molar-refractivity contribution in [3.63, 3.8) is 0 Å². The summed E-state index contributed by atoms with van der Waals surface area (Å²) in [6.07, 6.45) is 1.67. The molecule has 0 saturated carbocycles. The van der Waals surface area contributed by atoms with Crippen LogP contribution in [0, 0.1) is 0 Å². The molecule has 3 heteroatoms. The van der Waals surface area contributed by atoms with Gasteiger partial charge in [0.15, 0.2) is 0 Å². The van der Waals surface area contributed by atoms with Crippen LogP contribution < -0.4 is 0 Å². The molecular formula is C11H19NO2. The Bertz CT molecular complexity index is 249. The maximum absolute atomic E-state index is 9.68. The standard InChI is InChI=1S/C11H19NO2/c1-4-12(9-11(2,3)13)8-10-6-5-7-14-10/h5-7,13H,4,8-9H2,1-3H3. The summed E-state index contributed by atoms with van der Waals surface area (Å²) in [4.78, 5) is 2.15. The topological polar surface area (TPSA) is 36.6 Å². The third-order valence-electron chi connectivity index (χ3n) is 2.02. The molecule has 0 aliphatic carbocycles. The van der Waals surface area contributed by atoms with Crippen LogP contribution in [0.4, 0.5) is 0 Å². The van der Waals surface area contributed by atoms with E-state index >= 15 is 0 Å². The minimum absolute atomic E-state index is 0.650. The summed E-state index contributed by atoms with van der Waals surface area (Å²) in [5.41, 5.74) is -0.650. The molecule has 1 rings (SSSR count). The number of likely N-dealkylation sites (N-methyl/N-ethyl adjacent to an activating group) is 1. The average molecular weight is 197 g/mol. The van der Waals surface area contributed by atoms with Crippen LogP contribution in [0.1, 0.15) is 26.5 Å². The van der Waals surface area contributed by atoms with Gasteiger partial charge in [-0.15, -0.1) is 0 Å². The van der Waals surface area contributed by atoms with Gasteiger partial charge in [-0.2, -0.15) is 0 Å². The molecule has 0 spiro atoms. The van der Waals surface area contributed by atoms with Gasteiger partial charge in [0.05, 0.1) is 18.4 Å². The van der Waals surface area contributed by atoms with E-state index in [1.165, 1.54) is 0 Å². The van der Waals surface area contributed by atoms with Gasteiger partial charge in [-0.1, -0.05) is 6.92 Å². The van der Waals surface area contributed by atoms with Crippen molar-refractivity contribution < 1.29 is 9.52 Å². The van der Waals surface area contributed by atoms with Crippen LogP contribution in [0.2, 0.25) is 0 Å². The van der Waals surface area contributed by atoms with E-state index in [4.69, 9.17) is 4.42 Å². The summed E-state index contributed by atoms with van der Waals surface area (Å²) < 4.78 is 5.26. The smallest absolute Gasteiger partial charge is 0.117 e. The van der Waals surface area contributed by atoms with Gasteiger partial charge in [0.2, 0.25) is 0 Å². The molecule has 0 amide bonds. The second-order valence-corrected chi connectivity index (χ2v) is 4.20. The Morgan fingerprint density at radius 3 is 2.64 bits per heavy atom. The quantitative estimate of drug-likeness (QED) is 0.783. The van der Waals surface area contributed by atoms with Crippen molar-refractivity contribution in [1.29, 1.82) is 0 Å². The van der Waals surface area contributed by atoms with E-state index in [0.717, 1.165) is 18.8 Å². The Hall–Kier alpha value is -0.800. The highest BCUT2D eigenvalue weighted by Crippen LogP contribution is 2.09. The minimum Gasteiger partial charge on any atom is -0.468 e. The van der Waals surface area contributed by atoms with Gasteiger partial charge < -0.3 is 9.52 Å². The average Bonchev–Trinajstić information content (AvgIpc) is 2.53. The molecule has 0 unspecified atom stereocenters. The number of rotatable bonds is 5. The van der Waals surface area contributed by atoms with Crippen LogP contribution in [0.5, 0.6) is 0 Å². The van der Waals surface area contributed by atoms with E-state index in [-0.39, 0.29) is 0 Å². The first kappa shape index (κ1) is 11.3. The summed E-state index contributed by atoms with van der Waals surface area (Å²) >= 11 is 0. The lowest BCUT2D eigenvalue weighted by Crippen LogP contribution is -2.38. The van der Waals surface area contributed by atoms with Crippen LogP contribution in [0.15, 0.2) is 22.8 Å². The molecule has 1 aromatic rings. The monoisotopic (exact) mass is 197 g/mol. The van der Waals surface area contributed by atoms with Crippen molar-refractivity contribution in [2.75, 3.05) is 13.1 Å². The first-order valence-corrected chi connectivity index (χ1v) is 4.98. The van der Waals surface area contributed by atoms with E-state index < -0.39 is 5.60 Å². The normalized spacial score (nSPS) is 12.4. The maximum Gasteiger partial charge on any atom is 0.117 e.